The molecular weight excluding hydrogens is 270 g/mol. The maximum atomic E-state index is 12.1. The summed E-state index contributed by atoms with van der Waals surface area (Å²) in [5.74, 6) is 0.932. The third-order valence-corrected chi connectivity index (χ3v) is 3.73. The number of anilines is 1. The number of carbonyl (C=O) groups excluding carboxylic acids is 1. The number of amides is 1. The van der Waals surface area contributed by atoms with E-state index in [2.05, 4.69) is 21.9 Å². The summed E-state index contributed by atoms with van der Waals surface area (Å²) < 4.78 is 0. The van der Waals surface area contributed by atoms with Crippen LogP contribution in [0.4, 0.5) is 5.69 Å². The number of pyridine rings is 1. The van der Waals surface area contributed by atoms with E-state index in [9.17, 15) is 4.79 Å². The Labute approximate surface area is 123 Å². The summed E-state index contributed by atoms with van der Waals surface area (Å²) in [5.41, 5.74) is 2.20. The van der Waals surface area contributed by atoms with Gasteiger partial charge in [0.1, 0.15) is 5.69 Å². The van der Waals surface area contributed by atoms with E-state index in [1.807, 2.05) is 31.3 Å². The van der Waals surface area contributed by atoms with Crippen molar-refractivity contribution in [3.63, 3.8) is 0 Å². The summed E-state index contributed by atoms with van der Waals surface area (Å²) in [4.78, 5) is 16.5. The van der Waals surface area contributed by atoms with Crippen LogP contribution >= 0.6 is 11.8 Å². The van der Waals surface area contributed by atoms with Crippen LogP contribution in [0.3, 0.4) is 0 Å². The number of fused-ring (bicyclic) bond motifs is 1. The summed E-state index contributed by atoms with van der Waals surface area (Å²) in [7, 11) is 1.85. The highest BCUT2D eigenvalue weighted by Gasteiger charge is 2.10. The van der Waals surface area contributed by atoms with Gasteiger partial charge in [-0.3, -0.25) is 4.79 Å². The van der Waals surface area contributed by atoms with Gasteiger partial charge in [0, 0.05) is 24.7 Å². The summed E-state index contributed by atoms with van der Waals surface area (Å²) in [6.07, 6.45) is 3.03. The molecule has 1 aromatic heterocycles. The van der Waals surface area contributed by atoms with E-state index in [0.29, 0.717) is 12.2 Å². The molecule has 0 aliphatic carbocycles. The molecule has 0 aliphatic rings. The summed E-state index contributed by atoms with van der Waals surface area (Å²) in [5, 5.41) is 7.05. The minimum absolute atomic E-state index is 0.117. The molecule has 0 radical (unpaired) electrons. The van der Waals surface area contributed by atoms with Crippen LogP contribution in [0.2, 0.25) is 0 Å². The molecule has 0 saturated carbocycles. The molecule has 0 atom stereocenters. The van der Waals surface area contributed by atoms with Crippen molar-refractivity contribution in [2.45, 2.75) is 6.42 Å². The fourth-order valence-corrected chi connectivity index (χ4v) is 2.44. The van der Waals surface area contributed by atoms with E-state index in [1.165, 1.54) is 0 Å². The van der Waals surface area contributed by atoms with Gasteiger partial charge < -0.3 is 10.6 Å². The second-order valence-electron chi connectivity index (χ2n) is 4.42. The van der Waals surface area contributed by atoms with Crippen molar-refractivity contribution in [3.8, 4) is 0 Å². The zero-order chi connectivity index (χ0) is 14.4. The Morgan fingerprint density at radius 2 is 2.15 bits per heavy atom. The predicted octanol–water partition coefficient (Wildman–Crippen LogP) is 2.76. The first-order chi connectivity index (χ1) is 9.76. The molecule has 0 spiro atoms. The number of hydrogen-bond donors (Lipinski definition) is 2. The van der Waals surface area contributed by atoms with Gasteiger partial charge in [-0.05, 0) is 30.6 Å². The smallest absolute Gasteiger partial charge is 0.269 e. The van der Waals surface area contributed by atoms with Gasteiger partial charge in [0.05, 0.1) is 5.52 Å². The van der Waals surface area contributed by atoms with E-state index in [1.54, 1.807) is 17.8 Å². The molecule has 0 bridgehead atoms. The van der Waals surface area contributed by atoms with Crippen LogP contribution in [0.5, 0.6) is 0 Å². The molecule has 5 heteroatoms. The molecule has 0 unspecified atom stereocenters. The number of thioether (sulfide) groups is 1. The minimum Gasteiger partial charge on any atom is -0.388 e. The number of nitrogens with one attached hydrogen (secondary N) is 2. The number of benzene rings is 1. The Balaban J connectivity index is 2.19. The van der Waals surface area contributed by atoms with Crippen molar-refractivity contribution >= 4 is 34.3 Å². The Hall–Kier alpha value is -1.75. The average molecular weight is 289 g/mol. The second kappa shape index (κ2) is 7.14. The molecule has 1 aromatic carbocycles. The van der Waals surface area contributed by atoms with Crippen molar-refractivity contribution in [2.24, 2.45) is 0 Å². The molecule has 2 aromatic rings. The number of nitrogens with zero attached hydrogens (tertiary/aromatic N) is 1. The van der Waals surface area contributed by atoms with Gasteiger partial charge >= 0.3 is 0 Å². The lowest BCUT2D eigenvalue weighted by atomic mass is 10.1. The van der Waals surface area contributed by atoms with Gasteiger partial charge in [-0.2, -0.15) is 11.8 Å². The summed E-state index contributed by atoms with van der Waals surface area (Å²) >= 11 is 1.78. The standard InChI is InChI=1S/C15H19N3OS/c1-16-13-10-14(15(19)17-8-5-9-20-2)18-12-7-4-3-6-11(12)13/h3-4,6-7,10H,5,8-9H2,1-2H3,(H,16,18)(H,17,19). The van der Waals surface area contributed by atoms with Crippen molar-refractivity contribution in [1.82, 2.24) is 10.3 Å². The van der Waals surface area contributed by atoms with Gasteiger partial charge in [-0.25, -0.2) is 4.98 Å². The molecular formula is C15H19N3OS. The Morgan fingerprint density at radius 3 is 2.90 bits per heavy atom. The Kier molecular flexibility index (Phi) is 5.24. The monoisotopic (exact) mass is 289 g/mol. The lowest BCUT2D eigenvalue weighted by Gasteiger charge is -2.09. The third-order valence-electron chi connectivity index (χ3n) is 3.03. The number of carbonyl (C=O) groups is 1. The zero-order valence-corrected chi connectivity index (χ0v) is 12.6. The average Bonchev–Trinajstić information content (AvgIpc) is 2.50. The van der Waals surface area contributed by atoms with E-state index < -0.39 is 0 Å². The molecule has 0 saturated heterocycles. The number of hydrogen-bond acceptors (Lipinski definition) is 4. The van der Waals surface area contributed by atoms with Crippen molar-refractivity contribution in [2.75, 3.05) is 30.9 Å². The van der Waals surface area contributed by atoms with Crippen LogP contribution < -0.4 is 10.6 Å². The fraction of sp³-hybridized carbons (Fsp3) is 0.333. The third kappa shape index (κ3) is 3.42. The topological polar surface area (TPSA) is 54.0 Å². The molecule has 1 amide bonds. The minimum atomic E-state index is -0.117. The number of para-hydroxylation sites is 1. The first kappa shape index (κ1) is 14.7. The molecule has 2 N–H and O–H groups in total. The van der Waals surface area contributed by atoms with Gasteiger partial charge in [0.2, 0.25) is 0 Å². The molecule has 106 valence electrons. The van der Waals surface area contributed by atoms with Crippen LogP contribution in [-0.4, -0.2) is 36.5 Å². The van der Waals surface area contributed by atoms with Crippen LogP contribution in [0.25, 0.3) is 10.9 Å². The summed E-state index contributed by atoms with van der Waals surface area (Å²) in [6.45, 7) is 0.684. The van der Waals surface area contributed by atoms with Crippen LogP contribution in [-0.2, 0) is 0 Å². The number of aromatic nitrogens is 1. The highest BCUT2D eigenvalue weighted by Crippen LogP contribution is 2.22. The Bertz CT molecular complexity index is 601. The molecule has 1 heterocycles. The van der Waals surface area contributed by atoms with E-state index in [0.717, 1.165) is 28.8 Å². The van der Waals surface area contributed by atoms with E-state index >= 15 is 0 Å². The zero-order valence-electron chi connectivity index (χ0n) is 11.8. The van der Waals surface area contributed by atoms with E-state index in [-0.39, 0.29) is 5.91 Å². The molecule has 4 nitrogen and oxygen atoms in total. The van der Waals surface area contributed by atoms with Crippen molar-refractivity contribution in [3.05, 3.63) is 36.0 Å². The highest BCUT2D eigenvalue weighted by molar-refractivity contribution is 7.98. The largest absolute Gasteiger partial charge is 0.388 e. The lowest BCUT2D eigenvalue weighted by Crippen LogP contribution is -2.25. The van der Waals surface area contributed by atoms with Crippen LogP contribution in [0.1, 0.15) is 16.9 Å². The van der Waals surface area contributed by atoms with Crippen LogP contribution in [0.15, 0.2) is 30.3 Å². The summed E-state index contributed by atoms with van der Waals surface area (Å²) in [6, 6.07) is 9.60. The highest BCUT2D eigenvalue weighted by atomic mass is 32.2. The van der Waals surface area contributed by atoms with Crippen molar-refractivity contribution < 1.29 is 4.79 Å². The van der Waals surface area contributed by atoms with E-state index in [4.69, 9.17) is 0 Å². The quantitative estimate of drug-likeness (QED) is 0.803. The molecule has 2 rings (SSSR count). The normalized spacial score (nSPS) is 10.5. The van der Waals surface area contributed by atoms with Crippen LogP contribution in [0, 0.1) is 0 Å². The maximum Gasteiger partial charge on any atom is 0.269 e. The predicted molar refractivity (Wildman–Crippen MR) is 86.6 cm³/mol. The molecule has 20 heavy (non-hydrogen) atoms. The first-order valence-corrected chi connectivity index (χ1v) is 8.00. The van der Waals surface area contributed by atoms with Crippen molar-refractivity contribution in [1.29, 1.82) is 0 Å². The van der Waals surface area contributed by atoms with Gasteiger partial charge in [-0.1, -0.05) is 18.2 Å². The Morgan fingerprint density at radius 1 is 1.35 bits per heavy atom. The lowest BCUT2D eigenvalue weighted by molar-refractivity contribution is 0.0949. The van der Waals surface area contributed by atoms with Gasteiger partial charge in [0.15, 0.2) is 0 Å². The van der Waals surface area contributed by atoms with Gasteiger partial charge in [-0.15, -0.1) is 0 Å². The second-order valence-corrected chi connectivity index (χ2v) is 5.41. The van der Waals surface area contributed by atoms with Gasteiger partial charge in [0.25, 0.3) is 5.91 Å². The maximum absolute atomic E-state index is 12.1. The molecule has 0 fully saturated rings. The molecule has 0 aliphatic heterocycles. The first-order valence-electron chi connectivity index (χ1n) is 6.61. The fourth-order valence-electron chi connectivity index (χ4n) is 2.01. The number of rotatable bonds is 6. The SMILES string of the molecule is CNc1cc(C(=O)NCCCSC)nc2ccccc12.